The molecule has 4 rings (SSSR count). The molecule has 3 heterocycles. The molecule has 0 fully saturated rings. The number of furan rings is 2. The number of amides is 1. The Morgan fingerprint density at radius 1 is 0.962 bits per heavy atom. The lowest BCUT2D eigenvalue weighted by molar-refractivity contribution is 0.0711. The van der Waals surface area contributed by atoms with Gasteiger partial charge in [0, 0.05) is 12.6 Å². The van der Waals surface area contributed by atoms with Crippen LogP contribution in [0.25, 0.3) is 11.5 Å². The van der Waals surface area contributed by atoms with Gasteiger partial charge < -0.3 is 13.7 Å². The number of nitrogens with zero attached hydrogens (tertiary/aromatic N) is 2. The summed E-state index contributed by atoms with van der Waals surface area (Å²) in [4.78, 5) is 14.7. The quantitative estimate of drug-likeness (QED) is 0.570. The molecule has 0 bridgehead atoms. The number of hydrogen-bond acceptors (Lipinski definition) is 4. The average molecular weight is 347 g/mol. The fourth-order valence-electron chi connectivity index (χ4n) is 2.75. The van der Waals surface area contributed by atoms with Crippen molar-refractivity contribution >= 4 is 5.91 Å². The minimum absolute atomic E-state index is 0.181. The zero-order valence-corrected chi connectivity index (χ0v) is 14.0. The monoisotopic (exact) mass is 347 g/mol. The topological polar surface area (TPSA) is 75.3 Å². The lowest BCUT2D eigenvalue weighted by Crippen LogP contribution is -2.30. The summed E-state index contributed by atoms with van der Waals surface area (Å²) >= 11 is 0. The first-order valence-electron chi connectivity index (χ1n) is 8.24. The van der Waals surface area contributed by atoms with Gasteiger partial charge >= 0.3 is 0 Å². The second kappa shape index (κ2) is 7.14. The number of aromatic amines is 1. The third-order valence-electron chi connectivity index (χ3n) is 4.01. The number of benzene rings is 1. The van der Waals surface area contributed by atoms with Crippen LogP contribution in [0.1, 0.15) is 21.8 Å². The average Bonchev–Trinajstić information content (AvgIpc) is 3.42. The van der Waals surface area contributed by atoms with Crippen molar-refractivity contribution < 1.29 is 13.6 Å². The molecule has 4 aromatic rings. The molecule has 0 unspecified atom stereocenters. The smallest absolute Gasteiger partial charge is 0.275 e. The summed E-state index contributed by atoms with van der Waals surface area (Å²) in [7, 11) is 0. The van der Waals surface area contributed by atoms with Gasteiger partial charge in [0.15, 0.2) is 11.5 Å². The maximum absolute atomic E-state index is 13.0. The van der Waals surface area contributed by atoms with Crippen LogP contribution in [0, 0.1) is 0 Å². The van der Waals surface area contributed by atoms with Crippen LogP contribution in [0.15, 0.2) is 82.0 Å². The number of aromatic nitrogens is 2. The molecule has 0 saturated carbocycles. The summed E-state index contributed by atoms with van der Waals surface area (Å²) in [6.07, 6.45) is 3.18. The fraction of sp³-hybridized carbons (Fsp3) is 0.100. The predicted molar refractivity (Wildman–Crippen MR) is 95.0 cm³/mol. The Labute approximate surface area is 150 Å². The van der Waals surface area contributed by atoms with E-state index >= 15 is 0 Å². The largest absolute Gasteiger partial charge is 0.467 e. The van der Waals surface area contributed by atoms with Crippen LogP contribution in [0.3, 0.4) is 0 Å². The summed E-state index contributed by atoms with van der Waals surface area (Å²) in [6, 6.07) is 18.8. The van der Waals surface area contributed by atoms with Crippen molar-refractivity contribution in [3.63, 3.8) is 0 Å². The Morgan fingerprint density at radius 2 is 1.77 bits per heavy atom. The Hall–Kier alpha value is -3.54. The molecular formula is C20H17N3O3. The van der Waals surface area contributed by atoms with Crippen molar-refractivity contribution in [2.24, 2.45) is 0 Å². The van der Waals surface area contributed by atoms with Crippen molar-refractivity contribution in [1.82, 2.24) is 15.1 Å². The lowest BCUT2D eigenvalue weighted by Gasteiger charge is -2.20. The zero-order valence-electron chi connectivity index (χ0n) is 14.0. The highest BCUT2D eigenvalue weighted by Crippen LogP contribution is 2.20. The zero-order chi connectivity index (χ0) is 17.8. The van der Waals surface area contributed by atoms with Crippen molar-refractivity contribution in [1.29, 1.82) is 0 Å². The van der Waals surface area contributed by atoms with E-state index in [1.54, 1.807) is 29.6 Å². The van der Waals surface area contributed by atoms with Crippen LogP contribution < -0.4 is 0 Å². The molecule has 0 saturated heterocycles. The Kier molecular flexibility index (Phi) is 4.38. The molecule has 0 radical (unpaired) electrons. The fourth-order valence-corrected chi connectivity index (χ4v) is 2.75. The van der Waals surface area contributed by atoms with Crippen LogP contribution in [-0.4, -0.2) is 21.0 Å². The second-order valence-corrected chi connectivity index (χ2v) is 5.87. The normalized spacial score (nSPS) is 10.8. The molecule has 6 nitrogen and oxygen atoms in total. The third-order valence-corrected chi connectivity index (χ3v) is 4.01. The number of carbonyl (C=O) groups is 1. The highest BCUT2D eigenvalue weighted by Gasteiger charge is 2.21. The van der Waals surface area contributed by atoms with E-state index in [-0.39, 0.29) is 5.91 Å². The van der Waals surface area contributed by atoms with Gasteiger partial charge in [0.25, 0.3) is 5.91 Å². The van der Waals surface area contributed by atoms with Crippen LogP contribution in [-0.2, 0) is 13.1 Å². The minimum Gasteiger partial charge on any atom is -0.467 e. The summed E-state index contributed by atoms with van der Waals surface area (Å²) in [5.74, 6) is 1.17. The molecular weight excluding hydrogens is 330 g/mol. The molecule has 6 heteroatoms. The van der Waals surface area contributed by atoms with E-state index in [0.29, 0.717) is 30.2 Å². The molecule has 0 aliphatic heterocycles. The summed E-state index contributed by atoms with van der Waals surface area (Å²) in [5.41, 5.74) is 2.03. The molecule has 3 aromatic heterocycles. The van der Waals surface area contributed by atoms with Crippen LogP contribution in [0.4, 0.5) is 0 Å². The SMILES string of the molecule is O=C(c1cc(-c2ccco2)[nH]n1)N(Cc1ccccc1)Cc1ccco1. The first-order chi connectivity index (χ1) is 12.8. The second-order valence-electron chi connectivity index (χ2n) is 5.87. The van der Waals surface area contributed by atoms with E-state index in [9.17, 15) is 4.79 Å². The number of rotatable bonds is 6. The number of H-pyrrole nitrogens is 1. The Balaban J connectivity index is 1.59. The van der Waals surface area contributed by atoms with Crippen LogP contribution in [0.2, 0.25) is 0 Å². The van der Waals surface area contributed by atoms with Crippen molar-refractivity contribution in [2.45, 2.75) is 13.1 Å². The molecule has 1 amide bonds. The van der Waals surface area contributed by atoms with Crippen molar-refractivity contribution in [3.8, 4) is 11.5 Å². The number of nitrogens with one attached hydrogen (secondary N) is 1. The number of carbonyl (C=O) groups excluding carboxylic acids is 1. The predicted octanol–water partition coefficient (Wildman–Crippen LogP) is 4.11. The van der Waals surface area contributed by atoms with E-state index in [1.807, 2.05) is 48.5 Å². The first kappa shape index (κ1) is 16.0. The highest BCUT2D eigenvalue weighted by atomic mass is 16.3. The molecule has 0 aliphatic rings. The third kappa shape index (κ3) is 3.44. The van der Waals surface area contributed by atoms with Crippen LogP contribution in [0.5, 0.6) is 0 Å². The Morgan fingerprint density at radius 3 is 2.50 bits per heavy atom. The maximum Gasteiger partial charge on any atom is 0.275 e. The van der Waals surface area contributed by atoms with E-state index < -0.39 is 0 Å². The summed E-state index contributed by atoms with van der Waals surface area (Å²) in [5, 5.41) is 7.01. The van der Waals surface area contributed by atoms with Gasteiger partial charge in [0.2, 0.25) is 0 Å². The van der Waals surface area contributed by atoms with Gasteiger partial charge in [-0.15, -0.1) is 0 Å². The van der Waals surface area contributed by atoms with Gasteiger partial charge in [-0.25, -0.2) is 0 Å². The van der Waals surface area contributed by atoms with E-state index in [4.69, 9.17) is 8.83 Å². The van der Waals surface area contributed by atoms with Gasteiger partial charge in [-0.3, -0.25) is 9.89 Å². The van der Waals surface area contributed by atoms with Gasteiger partial charge in [-0.05, 0) is 29.8 Å². The molecule has 0 atom stereocenters. The van der Waals surface area contributed by atoms with E-state index in [0.717, 1.165) is 11.3 Å². The summed E-state index contributed by atoms with van der Waals surface area (Å²) < 4.78 is 10.8. The summed E-state index contributed by atoms with van der Waals surface area (Å²) in [6.45, 7) is 0.826. The van der Waals surface area contributed by atoms with E-state index in [1.165, 1.54) is 0 Å². The number of hydrogen-bond donors (Lipinski definition) is 1. The van der Waals surface area contributed by atoms with Gasteiger partial charge in [0.1, 0.15) is 11.5 Å². The van der Waals surface area contributed by atoms with Gasteiger partial charge in [-0.2, -0.15) is 5.10 Å². The molecule has 26 heavy (non-hydrogen) atoms. The molecule has 0 spiro atoms. The lowest BCUT2D eigenvalue weighted by atomic mass is 10.2. The van der Waals surface area contributed by atoms with Crippen molar-refractivity contribution in [2.75, 3.05) is 0 Å². The molecule has 1 N–H and O–H groups in total. The van der Waals surface area contributed by atoms with Crippen molar-refractivity contribution in [3.05, 3.63) is 90.2 Å². The van der Waals surface area contributed by atoms with Gasteiger partial charge in [-0.1, -0.05) is 30.3 Å². The maximum atomic E-state index is 13.0. The molecule has 1 aromatic carbocycles. The van der Waals surface area contributed by atoms with Gasteiger partial charge in [0.05, 0.1) is 19.1 Å². The van der Waals surface area contributed by atoms with Crippen LogP contribution >= 0.6 is 0 Å². The Bertz CT molecular complexity index is 957. The molecule has 0 aliphatic carbocycles. The highest BCUT2D eigenvalue weighted by molar-refractivity contribution is 5.93. The first-order valence-corrected chi connectivity index (χ1v) is 8.24. The van der Waals surface area contributed by atoms with E-state index in [2.05, 4.69) is 10.2 Å². The standard InChI is InChI=1S/C20H17N3O3/c24-20(18-12-17(21-22-18)19-9-5-11-26-19)23(14-16-8-4-10-25-16)13-15-6-2-1-3-7-15/h1-12H,13-14H2,(H,21,22). The minimum atomic E-state index is -0.181. The molecule has 130 valence electrons.